The first-order chi connectivity index (χ1) is 11.1. The number of benzene rings is 1. The van der Waals surface area contributed by atoms with Crippen LogP contribution in [-0.4, -0.2) is 20.2 Å². The van der Waals surface area contributed by atoms with Crippen molar-refractivity contribution in [2.45, 2.75) is 65.7 Å². The second-order valence-corrected chi connectivity index (χ2v) is 5.59. The number of aryl methyl sites for hydroxylation is 1. The maximum absolute atomic E-state index is 10.5. The van der Waals surface area contributed by atoms with E-state index in [-0.39, 0.29) is 0 Å². The molecule has 0 amide bonds. The van der Waals surface area contributed by atoms with Gasteiger partial charge in [0.05, 0.1) is 13.1 Å². The number of rotatable bonds is 8. The van der Waals surface area contributed by atoms with Gasteiger partial charge in [-0.3, -0.25) is 0 Å². The quantitative estimate of drug-likeness (QED) is 0.630. The van der Waals surface area contributed by atoms with Crippen molar-refractivity contribution < 1.29 is 21.5 Å². The smallest absolute Gasteiger partial charge is 0.0739 e. The molecule has 0 fully saturated rings. The average Bonchev–Trinajstić information content (AvgIpc) is 2.56. The predicted molar refractivity (Wildman–Crippen MR) is 95.8 cm³/mol. The van der Waals surface area contributed by atoms with E-state index in [4.69, 9.17) is 0 Å². The van der Waals surface area contributed by atoms with E-state index in [0.29, 0.717) is 5.46 Å². The normalized spacial score (nSPS) is 9.35. The Morgan fingerprint density at radius 3 is 1.48 bits per heavy atom. The summed E-state index contributed by atoms with van der Waals surface area (Å²) in [5.41, 5.74) is 8.88. The van der Waals surface area contributed by atoms with E-state index in [1.54, 1.807) is 12.1 Å². The number of hydrogen-bond donors (Lipinski definition) is 2. The molecular weight excluding hydrogens is 287 g/mol. The largest absolute Gasteiger partial charge is 0.889 e. The van der Waals surface area contributed by atoms with Crippen LogP contribution in [0, 0.1) is 0 Å². The Bertz CT molecular complexity index is 322. The van der Waals surface area contributed by atoms with Gasteiger partial charge in [-0.15, -0.1) is 5.46 Å². The molecule has 0 aliphatic heterocycles. The molecular formula is C18H37BN2O2. The third-order valence-corrected chi connectivity index (χ3v) is 3.28. The molecule has 0 bridgehead atoms. The molecule has 0 saturated carbocycles. The van der Waals surface area contributed by atoms with E-state index < -0.39 is 7.12 Å². The van der Waals surface area contributed by atoms with Crippen molar-refractivity contribution in [3.63, 3.8) is 0 Å². The lowest BCUT2D eigenvalue weighted by Crippen LogP contribution is -2.55. The molecule has 0 spiro atoms. The van der Waals surface area contributed by atoms with Crippen molar-refractivity contribution in [2.24, 2.45) is 0 Å². The molecule has 134 valence electrons. The van der Waals surface area contributed by atoms with Crippen LogP contribution in [0.3, 0.4) is 0 Å². The van der Waals surface area contributed by atoms with Gasteiger partial charge in [0, 0.05) is 0 Å². The summed E-state index contributed by atoms with van der Waals surface area (Å²) >= 11 is 0. The first-order valence-electron chi connectivity index (χ1n) is 9.06. The van der Waals surface area contributed by atoms with Crippen molar-refractivity contribution in [1.82, 2.24) is 0 Å². The Labute approximate surface area is 143 Å². The molecule has 23 heavy (non-hydrogen) atoms. The van der Waals surface area contributed by atoms with Gasteiger partial charge < -0.3 is 21.5 Å². The zero-order valence-electron chi connectivity index (χ0n) is 15.5. The van der Waals surface area contributed by atoms with Gasteiger partial charge in [-0.1, -0.05) is 71.4 Å². The van der Waals surface area contributed by atoms with Crippen molar-refractivity contribution >= 4 is 12.6 Å². The fourth-order valence-corrected chi connectivity index (χ4v) is 1.72. The topological polar surface area (TPSA) is 101 Å². The van der Waals surface area contributed by atoms with Crippen LogP contribution in [0.2, 0.25) is 0 Å². The molecule has 1 aromatic carbocycles. The summed E-state index contributed by atoms with van der Waals surface area (Å²) in [7, 11) is -1.85. The SMILES string of the molecule is CCCC[NH3+].CCCC[NH3+].CCCCc1ccc(B([O-])[O-])cc1. The Morgan fingerprint density at radius 1 is 0.783 bits per heavy atom. The monoisotopic (exact) mass is 324 g/mol. The molecule has 0 unspecified atom stereocenters. The van der Waals surface area contributed by atoms with Gasteiger partial charge in [-0.05, 0) is 31.2 Å². The van der Waals surface area contributed by atoms with Crippen LogP contribution in [0.25, 0.3) is 0 Å². The minimum Gasteiger partial charge on any atom is -0.889 e. The molecule has 0 aliphatic rings. The maximum atomic E-state index is 10.5. The van der Waals surface area contributed by atoms with Crippen LogP contribution in [0.15, 0.2) is 24.3 Å². The summed E-state index contributed by atoms with van der Waals surface area (Å²) in [6.45, 7) is 8.67. The van der Waals surface area contributed by atoms with Crippen LogP contribution < -0.4 is 27.0 Å². The molecule has 4 nitrogen and oxygen atoms in total. The Balaban J connectivity index is 0. The van der Waals surface area contributed by atoms with E-state index in [2.05, 4.69) is 32.2 Å². The standard InChI is InChI=1S/C10H13BO2.2C4H11N/c1-2-3-4-9-5-7-10(8-6-9)11(12)13;2*1-2-3-4-5/h5-8H,2-4H2,1H3;2*2-5H2,1H3/q-2;;/p+2. The average molecular weight is 324 g/mol. The lowest BCUT2D eigenvalue weighted by Gasteiger charge is -2.26. The Morgan fingerprint density at radius 2 is 1.22 bits per heavy atom. The minimum absolute atomic E-state index is 0.334. The lowest BCUT2D eigenvalue weighted by atomic mass is 9.80. The van der Waals surface area contributed by atoms with E-state index >= 15 is 0 Å². The Kier molecular flexibility index (Phi) is 20.3. The molecule has 0 aliphatic carbocycles. The van der Waals surface area contributed by atoms with Crippen molar-refractivity contribution in [2.75, 3.05) is 13.1 Å². The number of hydrogen-bond acceptors (Lipinski definition) is 2. The van der Waals surface area contributed by atoms with E-state index in [9.17, 15) is 10.0 Å². The van der Waals surface area contributed by atoms with Crippen molar-refractivity contribution in [3.05, 3.63) is 29.8 Å². The molecule has 5 heteroatoms. The van der Waals surface area contributed by atoms with Crippen LogP contribution in [0.4, 0.5) is 0 Å². The first kappa shape index (κ1) is 24.4. The van der Waals surface area contributed by atoms with E-state index in [1.807, 2.05) is 12.1 Å². The first-order valence-corrected chi connectivity index (χ1v) is 9.06. The van der Waals surface area contributed by atoms with Crippen molar-refractivity contribution in [3.8, 4) is 0 Å². The summed E-state index contributed by atoms with van der Waals surface area (Å²) in [6.07, 6.45) is 8.46. The maximum Gasteiger partial charge on any atom is 0.0739 e. The summed E-state index contributed by atoms with van der Waals surface area (Å²) in [5, 5.41) is 21.0. The molecule has 0 radical (unpaired) electrons. The second-order valence-electron chi connectivity index (χ2n) is 5.59. The molecule has 0 heterocycles. The fraction of sp³-hybridized carbons (Fsp3) is 0.667. The molecule has 1 aromatic rings. The Hall–Kier alpha value is -0.875. The third kappa shape index (κ3) is 17.3. The summed E-state index contributed by atoms with van der Waals surface area (Å²) in [6, 6.07) is 7.01. The van der Waals surface area contributed by atoms with E-state index in [1.165, 1.54) is 31.2 Å². The molecule has 0 atom stereocenters. The van der Waals surface area contributed by atoms with Gasteiger partial charge in [-0.2, -0.15) is 0 Å². The third-order valence-electron chi connectivity index (χ3n) is 3.28. The lowest BCUT2D eigenvalue weighted by molar-refractivity contribution is -0.368. The molecule has 1 rings (SSSR count). The summed E-state index contributed by atoms with van der Waals surface area (Å²) < 4.78 is 0. The highest BCUT2D eigenvalue weighted by molar-refractivity contribution is 6.55. The van der Waals surface area contributed by atoms with Crippen molar-refractivity contribution in [1.29, 1.82) is 0 Å². The van der Waals surface area contributed by atoms with Gasteiger partial charge >= 0.3 is 0 Å². The molecule has 6 N–H and O–H groups in total. The summed E-state index contributed by atoms with van der Waals surface area (Å²) in [5.74, 6) is 0. The van der Waals surface area contributed by atoms with Crippen LogP contribution in [-0.2, 0) is 6.42 Å². The number of quaternary nitrogens is 2. The highest BCUT2D eigenvalue weighted by Gasteiger charge is 1.92. The molecule has 0 aromatic heterocycles. The minimum atomic E-state index is -1.85. The van der Waals surface area contributed by atoms with Gasteiger partial charge in [0.2, 0.25) is 0 Å². The summed E-state index contributed by atoms with van der Waals surface area (Å²) in [4.78, 5) is 0. The van der Waals surface area contributed by atoms with Gasteiger partial charge in [0.15, 0.2) is 0 Å². The zero-order valence-corrected chi connectivity index (χ0v) is 15.5. The predicted octanol–water partition coefficient (Wildman–Crippen LogP) is -0.498. The molecule has 0 saturated heterocycles. The number of unbranched alkanes of at least 4 members (excludes halogenated alkanes) is 3. The zero-order chi connectivity index (χ0) is 17.9. The van der Waals surface area contributed by atoms with Crippen LogP contribution in [0.5, 0.6) is 0 Å². The van der Waals surface area contributed by atoms with Crippen LogP contribution >= 0.6 is 0 Å². The van der Waals surface area contributed by atoms with Gasteiger partial charge in [0.25, 0.3) is 0 Å². The highest BCUT2D eigenvalue weighted by Crippen LogP contribution is 2.02. The van der Waals surface area contributed by atoms with Gasteiger partial charge in [-0.25, -0.2) is 0 Å². The van der Waals surface area contributed by atoms with Crippen LogP contribution in [0.1, 0.15) is 64.9 Å². The second kappa shape index (κ2) is 19.2. The highest BCUT2D eigenvalue weighted by atomic mass is 16.4. The van der Waals surface area contributed by atoms with Gasteiger partial charge in [0.1, 0.15) is 0 Å². The fourth-order valence-electron chi connectivity index (χ4n) is 1.72. The van der Waals surface area contributed by atoms with E-state index in [0.717, 1.165) is 32.4 Å².